The molecule has 0 bridgehead atoms. The molecular formula is C5H10ClNO2. The molecule has 0 aliphatic rings. The van der Waals surface area contributed by atoms with Crippen LogP contribution in [-0.4, -0.2) is 19.6 Å². The molecule has 0 unspecified atom stereocenters. The minimum atomic E-state index is -0.365. The summed E-state index contributed by atoms with van der Waals surface area (Å²) in [5, 5.41) is 0. The Hall–Kier alpha value is -0.540. The highest BCUT2D eigenvalue weighted by Gasteiger charge is 1.85. The van der Waals surface area contributed by atoms with Crippen LogP contribution in [-0.2, 0) is 9.53 Å². The molecule has 0 aromatic rings. The predicted molar refractivity (Wildman–Crippen MR) is 37.5 cm³/mol. The molecule has 3 nitrogen and oxygen atoms in total. The van der Waals surface area contributed by atoms with Crippen molar-refractivity contribution in [1.82, 2.24) is 0 Å². The summed E-state index contributed by atoms with van der Waals surface area (Å²) < 4.78 is 4.27. The molecule has 54 valence electrons. The molecule has 0 saturated carbocycles. The maximum atomic E-state index is 10.2. The molecular weight excluding hydrogens is 142 g/mol. The van der Waals surface area contributed by atoms with Crippen molar-refractivity contribution in [2.75, 3.05) is 13.7 Å². The number of ether oxygens (including phenoxy) is 1. The summed E-state index contributed by atoms with van der Waals surface area (Å²) in [4.78, 5) is 10.2. The number of esters is 1. The van der Waals surface area contributed by atoms with E-state index in [1.165, 1.54) is 19.3 Å². The molecule has 0 aromatic heterocycles. The number of nitrogens with two attached hydrogens (primary N) is 1. The van der Waals surface area contributed by atoms with Crippen LogP contribution < -0.4 is 5.73 Å². The van der Waals surface area contributed by atoms with Gasteiger partial charge in [0.05, 0.1) is 7.11 Å². The zero-order valence-electron chi connectivity index (χ0n) is 5.16. The molecule has 9 heavy (non-hydrogen) atoms. The SMILES string of the molecule is COC(=O)/C=C/CN.Cl. The molecule has 0 aromatic carbocycles. The molecule has 0 spiro atoms. The van der Waals surface area contributed by atoms with Gasteiger partial charge >= 0.3 is 5.97 Å². The van der Waals surface area contributed by atoms with E-state index in [2.05, 4.69) is 4.74 Å². The van der Waals surface area contributed by atoms with E-state index in [4.69, 9.17) is 5.73 Å². The van der Waals surface area contributed by atoms with Gasteiger partial charge in [-0.15, -0.1) is 12.4 Å². The van der Waals surface area contributed by atoms with Crippen molar-refractivity contribution in [3.63, 3.8) is 0 Å². The summed E-state index contributed by atoms with van der Waals surface area (Å²) in [5.41, 5.74) is 5.04. The van der Waals surface area contributed by atoms with Gasteiger partial charge in [0, 0.05) is 12.6 Å². The van der Waals surface area contributed by atoms with Gasteiger partial charge in [-0.05, 0) is 0 Å². The van der Waals surface area contributed by atoms with Crippen LogP contribution in [0.1, 0.15) is 0 Å². The Morgan fingerprint density at radius 1 is 1.78 bits per heavy atom. The second-order valence-corrected chi connectivity index (χ2v) is 1.16. The normalized spacial score (nSPS) is 8.67. The Morgan fingerprint density at radius 3 is 2.67 bits per heavy atom. The maximum absolute atomic E-state index is 10.2. The monoisotopic (exact) mass is 151 g/mol. The first-order valence-corrected chi connectivity index (χ1v) is 2.26. The fourth-order valence-electron chi connectivity index (χ4n) is 0.232. The Morgan fingerprint density at radius 2 is 2.33 bits per heavy atom. The number of halogens is 1. The molecule has 0 aliphatic heterocycles. The van der Waals surface area contributed by atoms with Gasteiger partial charge in [-0.1, -0.05) is 6.08 Å². The van der Waals surface area contributed by atoms with Crippen LogP contribution >= 0.6 is 12.4 Å². The average molecular weight is 152 g/mol. The minimum absolute atomic E-state index is 0. The van der Waals surface area contributed by atoms with Crippen molar-refractivity contribution in [1.29, 1.82) is 0 Å². The molecule has 0 fully saturated rings. The lowest BCUT2D eigenvalue weighted by molar-refractivity contribution is -0.134. The van der Waals surface area contributed by atoms with E-state index >= 15 is 0 Å². The van der Waals surface area contributed by atoms with E-state index in [0.29, 0.717) is 6.54 Å². The van der Waals surface area contributed by atoms with Crippen molar-refractivity contribution in [3.05, 3.63) is 12.2 Å². The van der Waals surface area contributed by atoms with Crippen LogP contribution in [0, 0.1) is 0 Å². The zero-order chi connectivity index (χ0) is 6.41. The second kappa shape index (κ2) is 7.46. The van der Waals surface area contributed by atoms with E-state index in [9.17, 15) is 4.79 Å². The summed E-state index contributed by atoms with van der Waals surface area (Å²) in [5.74, 6) is -0.365. The van der Waals surface area contributed by atoms with Crippen LogP contribution in [0.5, 0.6) is 0 Å². The molecule has 0 saturated heterocycles. The van der Waals surface area contributed by atoms with Gasteiger partial charge in [-0.25, -0.2) is 4.79 Å². The third-order valence-corrected chi connectivity index (χ3v) is 0.591. The summed E-state index contributed by atoms with van der Waals surface area (Å²) in [6.45, 7) is 0.370. The first kappa shape index (κ1) is 11.3. The molecule has 2 N–H and O–H groups in total. The van der Waals surface area contributed by atoms with Crippen LogP contribution in [0.25, 0.3) is 0 Å². The standard InChI is InChI=1S/C5H9NO2.ClH/c1-8-5(7)3-2-4-6;/h2-3H,4,6H2,1H3;1H/b3-2+;. The third kappa shape index (κ3) is 7.46. The first-order chi connectivity index (χ1) is 3.81. The van der Waals surface area contributed by atoms with E-state index in [1.807, 2.05) is 0 Å². The van der Waals surface area contributed by atoms with Gasteiger partial charge < -0.3 is 10.5 Å². The summed E-state index contributed by atoms with van der Waals surface area (Å²) in [7, 11) is 1.32. The Labute approximate surface area is 60.3 Å². The first-order valence-electron chi connectivity index (χ1n) is 2.26. The molecule has 0 amide bonds. The van der Waals surface area contributed by atoms with Gasteiger partial charge in [-0.2, -0.15) is 0 Å². The number of rotatable bonds is 2. The van der Waals surface area contributed by atoms with E-state index in [0.717, 1.165) is 0 Å². The van der Waals surface area contributed by atoms with E-state index < -0.39 is 0 Å². The lowest BCUT2D eigenvalue weighted by Gasteiger charge is -1.86. The summed E-state index contributed by atoms with van der Waals surface area (Å²) in [6, 6.07) is 0. The quantitative estimate of drug-likeness (QED) is 0.450. The minimum Gasteiger partial charge on any atom is -0.466 e. The average Bonchev–Trinajstić information content (AvgIpc) is 1.83. The largest absolute Gasteiger partial charge is 0.466 e. The predicted octanol–water partition coefficient (Wildman–Crippen LogP) is 0.0961. The number of carbonyl (C=O) groups is 1. The van der Waals surface area contributed by atoms with Crippen LogP contribution in [0.2, 0.25) is 0 Å². The van der Waals surface area contributed by atoms with Crippen LogP contribution in [0.3, 0.4) is 0 Å². The van der Waals surface area contributed by atoms with Gasteiger partial charge in [-0.3, -0.25) is 0 Å². The lowest BCUT2D eigenvalue weighted by Crippen LogP contribution is -1.98. The molecule has 0 aliphatic carbocycles. The fraction of sp³-hybridized carbons (Fsp3) is 0.400. The van der Waals surface area contributed by atoms with Crippen molar-refractivity contribution in [3.8, 4) is 0 Å². The molecule has 0 radical (unpaired) electrons. The van der Waals surface area contributed by atoms with Crippen molar-refractivity contribution >= 4 is 18.4 Å². The highest BCUT2D eigenvalue weighted by molar-refractivity contribution is 5.85. The maximum Gasteiger partial charge on any atom is 0.330 e. The van der Waals surface area contributed by atoms with Gasteiger partial charge in [0.25, 0.3) is 0 Å². The molecule has 0 rings (SSSR count). The number of hydrogen-bond acceptors (Lipinski definition) is 3. The van der Waals surface area contributed by atoms with Crippen molar-refractivity contribution in [2.24, 2.45) is 5.73 Å². The van der Waals surface area contributed by atoms with E-state index in [-0.39, 0.29) is 18.4 Å². The van der Waals surface area contributed by atoms with Crippen LogP contribution in [0.15, 0.2) is 12.2 Å². The Bertz CT molecular complexity index is 103. The smallest absolute Gasteiger partial charge is 0.330 e. The lowest BCUT2D eigenvalue weighted by atomic mass is 10.5. The van der Waals surface area contributed by atoms with Crippen molar-refractivity contribution < 1.29 is 9.53 Å². The number of carbonyl (C=O) groups excluding carboxylic acids is 1. The fourth-order valence-corrected chi connectivity index (χ4v) is 0.232. The zero-order valence-corrected chi connectivity index (χ0v) is 5.98. The summed E-state index contributed by atoms with van der Waals surface area (Å²) >= 11 is 0. The van der Waals surface area contributed by atoms with Crippen molar-refractivity contribution in [2.45, 2.75) is 0 Å². The second-order valence-electron chi connectivity index (χ2n) is 1.16. The highest BCUT2D eigenvalue weighted by atomic mass is 35.5. The molecule has 0 heterocycles. The topological polar surface area (TPSA) is 52.3 Å². The molecule has 4 heteroatoms. The highest BCUT2D eigenvalue weighted by Crippen LogP contribution is 1.73. The third-order valence-electron chi connectivity index (χ3n) is 0.591. The number of methoxy groups -OCH3 is 1. The Kier molecular flexibility index (Phi) is 9.35. The van der Waals surface area contributed by atoms with Gasteiger partial charge in [0.1, 0.15) is 0 Å². The van der Waals surface area contributed by atoms with Gasteiger partial charge in [0.15, 0.2) is 0 Å². The molecule has 0 atom stereocenters. The summed E-state index contributed by atoms with van der Waals surface area (Å²) in [6.07, 6.45) is 2.83. The van der Waals surface area contributed by atoms with Gasteiger partial charge in [0.2, 0.25) is 0 Å². The van der Waals surface area contributed by atoms with Crippen LogP contribution in [0.4, 0.5) is 0 Å². The van der Waals surface area contributed by atoms with E-state index in [1.54, 1.807) is 0 Å². The Balaban J connectivity index is 0. The number of hydrogen-bond donors (Lipinski definition) is 1.